The quantitative estimate of drug-likeness (QED) is 0.884. The summed E-state index contributed by atoms with van der Waals surface area (Å²) in [5.41, 5.74) is 7.04. The Hall–Kier alpha value is -1.35. The van der Waals surface area contributed by atoms with E-state index in [2.05, 4.69) is 31.2 Å². The van der Waals surface area contributed by atoms with E-state index >= 15 is 0 Å². The number of benzene rings is 1. The highest BCUT2D eigenvalue weighted by atomic mass is 16.2. The zero-order chi connectivity index (χ0) is 13.1. The fourth-order valence-electron chi connectivity index (χ4n) is 2.77. The summed E-state index contributed by atoms with van der Waals surface area (Å²) >= 11 is 0. The molecule has 0 bridgehead atoms. The fourth-order valence-corrected chi connectivity index (χ4v) is 2.77. The third-order valence-corrected chi connectivity index (χ3v) is 3.93. The van der Waals surface area contributed by atoms with Crippen molar-refractivity contribution in [1.82, 2.24) is 4.90 Å². The van der Waals surface area contributed by atoms with Crippen molar-refractivity contribution >= 4 is 5.91 Å². The summed E-state index contributed by atoms with van der Waals surface area (Å²) in [4.78, 5) is 13.9. The van der Waals surface area contributed by atoms with Gasteiger partial charge in [-0.3, -0.25) is 4.79 Å². The fraction of sp³-hybridized carbons (Fsp3) is 0.533. The molecule has 98 valence electrons. The zero-order valence-electron chi connectivity index (χ0n) is 11.2. The molecule has 0 saturated carbocycles. The highest BCUT2D eigenvalue weighted by molar-refractivity contribution is 5.81. The minimum atomic E-state index is -0.386. The van der Waals surface area contributed by atoms with E-state index < -0.39 is 0 Å². The van der Waals surface area contributed by atoms with Gasteiger partial charge in [-0.1, -0.05) is 30.3 Å². The van der Waals surface area contributed by atoms with Crippen molar-refractivity contribution in [3.8, 4) is 0 Å². The number of likely N-dealkylation sites (tertiary alicyclic amines) is 1. The van der Waals surface area contributed by atoms with Crippen molar-refractivity contribution in [3.05, 3.63) is 35.9 Å². The van der Waals surface area contributed by atoms with Gasteiger partial charge in [-0.05, 0) is 38.2 Å². The van der Waals surface area contributed by atoms with E-state index in [1.807, 2.05) is 11.0 Å². The second-order valence-corrected chi connectivity index (χ2v) is 5.30. The standard InChI is InChI=1S/C15H22N2O/c1-11(16)15(18)17-9-8-14(12(17)2)10-13-6-4-3-5-7-13/h3-7,11-12,14H,8-10,16H2,1-2H3/t11-,12-,14-/m0/s1. The predicted octanol–water partition coefficient (Wildman–Crippen LogP) is 1.81. The van der Waals surface area contributed by atoms with Crippen LogP contribution in [0.4, 0.5) is 0 Å². The van der Waals surface area contributed by atoms with Gasteiger partial charge < -0.3 is 10.6 Å². The van der Waals surface area contributed by atoms with Gasteiger partial charge in [0.1, 0.15) is 0 Å². The first-order chi connectivity index (χ1) is 8.59. The first-order valence-corrected chi connectivity index (χ1v) is 6.69. The monoisotopic (exact) mass is 246 g/mol. The lowest BCUT2D eigenvalue weighted by Crippen LogP contribution is -2.44. The van der Waals surface area contributed by atoms with Crippen molar-refractivity contribution in [3.63, 3.8) is 0 Å². The molecule has 3 atom stereocenters. The van der Waals surface area contributed by atoms with Crippen LogP contribution in [0.25, 0.3) is 0 Å². The van der Waals surface area contributed by atoms with Crippen LogP contribution in [0.1, 0.15) is 25.8 Å². The minimum Gasteiger partial charge on any atom is -0.338 e. The molecule has 3 nitrogen and oxygen atoms in total. The largest absolute Gasteiger partial charge is 0.338 e. The van der Waals surface area contributed by atoms with Crippen LogP contribution in [-0.2, 0) is 11.2 Å². The maximum atomic E-state index is 12.0. The summed E-state index contributed by atoms with van der Waals surface area (Å²) < 4.78 is 0. The molecule has 0 spiro atoms. The molecule has 2 N–H and O–H groups in total. The molecule has 1 fully saturated rings. The van der Waals surface area contributed by atoms with E-state index in [1.165, 1.54) is 5.56 Å². The molecule has 0 unspecified atom stereocenters. The van der Waals surface area contributed by atoms with Crippen LogP contribution in [-0.4, -0.2) is 29.4 Å². The Morgan fingerprint density at radius 2 is 2.11 bits per heavy atom. The molecule has 1 aromatic rings. The molecule has 0 aromatic heterocycles. The maximum absolute atomic E-state index is 12.0. The molecule has 1 saturated heterocycles. The Balaban J connectivity index is 1.99. The van der Waals surface area contributed by atoms with Gasteiger partial charge in [-0.25, -0.2) is 0 Å². The summed E-state index contributed by atoms with van der Waals surface area (Å²) in [6, 6.07) is 10.4. The van der Waals surface area contributed by atoms with Crippen molar-refractivity contribution in [2.45, 2.75) is 38.8 Å². The number of carbonyl (C=O) groups excluding carboxylic acids is 1. The van der Waals surface area contributed by atoms with Gasteiger partial charge in [0, 0.05) is 12.6 Å². The Morgan fingerprint density at radius 3 is 2.72 bits per heavy atom. The molecule has 18 heavy (non-hydrogen) atoms. The number of nitrogens with zero attached hydrogens (tertiary/aromatic N) is 1. The van der Waals surface area contributed by atoms with Gasteiger partial charge >= 0.3 is 0 Å². The maximum Gasteiger partial charge on any atom is 0.239 e. The van der Waals surface area contributed by atoms with E-state index in [-0.39, 0.29) is 11.9 Å². The molecule has 3 heteroatoms. The Labute approximate surface area is 109 Å². The third kappa shape index (κ3) is 2.72. The molecule has 1 aliphatic heterocycles. The van der Waals surface area contributed by atoms with Crippen LogP contribution in [0.5, 0.6) is 0 Å². The molecular formula is C15H22N2O. The third-order valence-electron chi connectivity index (χ3n) is 3.93. The summed E-state index contributed by atoms with van der Waals surface area (Å²) in [7, 11) is 0. The molecule has 2 rings (SSSR count). The van der Waals surface area contributed by atoms with Crippen LogP contribution < -0.4 is 5.73 Å². The van der Waals surface area contributed by atoms with Crippen LogP contribution in [0.15, 0.2) is 30.3 Å². The molecule has 0 aliphatic carbocycles. The van der Waals surface area contributed by atoms with Gasteiger partial charge in [-0.15, -0.1) is 0 Å². The highest BCUT2D eigenvalue weighted by Crippen LogP contribution is 2.27. The summed E-state index contributed by atoms with van der Waals surface area (Å²) in [5, 5.41) is 0. The predicted molar refractivity (Wildman–Crippen MR) is 73.1 cm³/mol. The number of amides is 1. The average Bonchev–Trinajstić information content (AvgIpc) is 2.71. The zero-order valence-corrected chi connectivity index (χ0v) is 11.2. The lowest BCUT2D eigenvalue weighted by atomic mass is 9.93. The molecule has 1 amide bonds. The number of hydrogen-bond donors (Lipinski definition) is 1. The number of hydrogen-bond acceptors (Lipinski definition) is 2. The highest BCUT2D eigenvalue weighted by Gasteiger charge is 2.34. The van der Waals surface area contributed by atoms with Crippen molar-refractivity contribution in [1.29, 1.82) is 0 Å². The number of carbonyl (C=O) groups is 1. The summed E-state index contributed by atoms with van der Waals surface area (Å²) in [5.74, 6) is 0.633. The van der Waals surface area contributed by atoms with Gasteiger partial charge in [0.05, 0.1) is 6.04 Å². The Kier molecular flexibility index (Phi) is 4.02. The first-order valence-electron chi connectivity index (χ1n) is 6.69. The van der Waals surface area contributed by atoms with Gasteiger partial charge in [-0.2, -0.15) is 0 Å². The van der Waals surface area contributed by atoms with Gasteiger partial charge in [0.2, 0.25) is 5.91 Å². The number of nitrogens with two attached hydrogens (primary N) is 1. The average molecular weight is 246 g/mol. The Bertz CT molecular complexity index is 402. The molecular weight excluding hydrogens is 224 g/mol. The van der Waals surface area contributed by atoms with Crippen LogP contribution in [0.2, 0.25) is 0 Å². The van der Waals surface area contributed by atoms with E-state index in [0.29, 0.717) is 12.0 Å². The minimum absolute atomic E-state index is 0.0815. The van der Waals surface area contributed by atoms with E-state index in [9.17, 15) is 4.79 Å². The lowest BCUT2D eigenvalue weighted by molar-refractivity contribution is -0.133. The molecule has 0 radical (unpaired) electrons. The van der Waals surface area contributed by atoms with E-state index in [4.69, 9.17) is 5.73 Å². The first kappa shape index (κ1) is 13.1. The van der Waals surface area contributed by atoms with Crippen LogP contribution >= 0.6 is 0 Å². The normalized spacial score (nSPS) is 25.2. The molecule has 1 aliphatic rings. The topological polar surface area (TPSA) is 46.3 Å². The lowest BCUT2D eigenvalue weighted by Gasteiger charge is -2.26. The van der Waals surface area contributed by atoms with Gasteiger partial charge in [0.15, 0.2) is 0 Å². The number of rotatable bonds is 3. The van der Waals surface area contributed by atoms with E-state index in [0.717, 1.165) is 19.4 Å². The van der Waals surface area contributed by atoms with Crippen molar-refractivity contribution < 1.29 is 4.79 Å². The van der Waals surface area contributed by atoms with Crippen LogP contribution in [0.3, 0.4) is 0 Å². The summed E-state index contributed by atoms with van der Waals surface area (Å²) in [6.07, 6.45) is 2.12. The summed E-state index contributed by atoms with van der Waals surface area (Å²) in [6.45, 7) is 4.75. The van der Waals surface area contributed by atoms with Crippen molar-refractivity contribution in [2.75, 3.05) is 6.54 Å². The molecule has 1 aromatic carbocycles. The Morgan fingerprint density at radius 1 is 1.44 bits per heavy atom. The smallest absolute Gasteiger partial charge is 0.239 e. The second-order valence-electron chi connectivity index (χ2n) is 5.30. The molecule has 1 heterocycles. The van der Waals surface area contributed by atoms with E-state index in [1.54, 1.807) is 6.92 Å². The SMILES string of the molecule is C[C@H](N)C(=O)N1CC[C@@H](Cc2ccccc2)[C@@H]1C. The van der Waals surface area contributed by atoms with Gasteiger partial charge in [0.25, 0.3) is 0 Å². The second kappa shape index (κ2) is 5.53. The van der Waals surface area contributed by atoms with Crippen molar-refractivity contribution in [2.24, 2.45) is 11.7 Å². The van der Waals surface area contributed by atoms with Crippen LogP contribution in [0, 0.1) is 5.92 Å².